The number of halogens is 2. The van der Waals surface area contributed by atoms with E-state index >= 15 is 0 Å². The van der Waals surface area contributed by atoms with E-state index in [1.807, 2.05) is 36.2 Å². The van der Waals surface area contributed by atoms with Gasteiger partial charge in [0, 0.05) is 21.9 Å². The highest BCUT2D eigenvalue weighted by Crippen LogP contribution is 2.37. The summed E-state index contributed by atoms with van der Waals surface area (Å²) in [6.45, 7) is 1.85. The minimum atomic E-state index is -0.755. The largest absolute Gasteiger partial charge is 0.325 e. The van der Waals surface area contributed by atoms with Gasteiger partial charge in [-0.25, -0.2) is 4.79 Å². The highest BCUT2D eigenvalue weighted by molar-refractivity contribution is 9.10. The molecule has 0 aliphatic rings. The molecule has 1 heterocycles. The van der Waals surface area contributed by atoms with Crippen molar-refractivity contribution >= 4 is 39.1 Å². The lowest BCUT2D eigenvalue weighted by Gasteiger charge is -2.14. The first-order valence-corrected chi connectivity index (χ1v) is 8.73. The Labute approximate surface area is 161 Å². The first-order chi connectivity index (χ1) is 12.4. The molecule has 0 atom stereocenters. The molecule has 0 spiro atoms. The minimum absolute atomic E-state index is 0.185. The second-order valence-corrected chi connectivity index (χ2v) is 6.75. The van der Waals surface area contributed by atoms with E-state index in [9.17, 15) is 14.4 Å². The predicted octanol–water partition coefficient (Wildman–Crippen LogP) is 3.71. The van der Waals surface area contributed by atoms with Gasteiger partial charge in [-0.15, -0.1) is 0 Å². The van der Waals surface area contributed by atoms with Gasteiger partial charge in [-0.3, -0.25) is 14.6 Å². The van der Waals surface area contributed by atoms with Gasteiger partial charge in [-0.1, -0.05) is 35.9 Å². The molecule has 132 valence electrons. The molecular formula is C18H13BrClN3O3. The van der Waals surface area contributed by atoms with Crippen molar-refractivity contribution in [3.05, 3.63) is 84.1 Å². The molecule has 2 aromatic carbocycles. The summed E-state index contributed by atoms with van der Waals surface area (Å²) < 4.78 is 0.769. The number of carbonyl (C=O) groups is 1. The molecule has 26 heavy (non-hydrogen) atoms. The van der Waals surface area contributed by atoms with Gasteiger partial charge in [0.15, 0.2) is 0 Å². The number of hydrogen-bond donors (Lipinski definition) is 3. The zero-order valence-corrected chi connectivity index (χ0v) is 15.9. The van der Waals surface area contributed by atoms with E-state index in [4.69, 9.17) is 11.6 Å². The minimum Gasteiger partial charge on any atom is -0.322 e. The van der Waals surface area contributed by atoms with Crippen LogP contribution in [0.4, 0.5) is 5.69 Å². The van der Waals surface area contributed by atoms with Gasteiger partial charge in [-0.05, 0) is 46.1 Å². The number of carbonyl (C=O) groups excluding carboxylic acids is 1. The number of H-pyrrole nitrogens is 2. The molecule has 0 bridgehead atoms. The maximum atomic E-state index is 12.4. The van der Waals surface area contributed by atoms with Gasteiger partial charge in [-0.2, -0.15) is 0 Å². The van der Waals surface area contributed by atoms with E-state index in [1.165, 1.54) is 0 Å². The maximum absolute atomic E-state index is 12.4. The molecule has 1 aromatic heterocycles. The van der Waals surface area contributed by atoms with Crippen molar-refractivity contribution < 1.29 is 4.79 Å². The molecule has 0 aliphatic heterocycles. The van der Waals surface area contributed by atoms with E-state index in [1.54, 1.807) is 12.1 Å². The van der Waals surface area contributed by atoms with Gasteiger partial charge in [0.25, 0.3) is 11.5 Å². The maximum Gasteiger partial charge on any atom is 0.325 e. The quantitative estimate of drug-likeness (QED) is 0.586. The number of amides is 1. The standard InChI is InChI=1S/C18H13BrClN3O3/c1-9-10(11-5-2-6-13(19)15(11)20)4-3-7-14(9)22-16(24)12-8-21-18(26)23-17(12)25/h2-8H,1H3,(H,22,24)(H2,21,23,25,26). The van der Waals surface area contributed by atoms with Crippen LogP contribution in [0.5, 0.6) is 0 Å². The lowest BCUT2D eigenvalue weighted by atomic mass is 9.99. The number of aromatic nitrogens is 2. The lowest BCUT2D eigenvalue weighted by molar-refractivity contribution is 0.102. The predicted molar refractivity (Wildman–Crippen MR) is 105 cm³/mol. The summed E-state index contributed by atoms with van der Waals surface area (Å²) in [5, 5.41) is 3.26. The molecule has 3 aromatic rings. The number of hydrogen-bond acceptors (Lipinski definition) is 3. The zero-order valence-electron chi connectivity index (χ0n) is 13.5. The first-order valence-electron chi connectivity index (χ1n) is 7.56. The fourth-order valence-electron chi connectivity index (χ4n) is 2.54. The van der Waals surface area contributed by atoms with Gasteiger partial charge < -0.3 is 10.3 Å². The van der Waals surface area contributed by atoms with Crippen LogP contribution in [0.25, 0.3) is 11.1 Å². The highest BCUT2D eigenvalue weighted by Gasteiger charge is 2.15. The van der Waals surface area contributed by atoms with Gasteiger partial charge in [0.1, 0.15) is 5.56 Å². The fraction of sp³-hybridized carbons (Fsp3) is 0.0556. The van der Waals surface area contributed by atoms with E-state index in [-0.39, 0.29) is 5.56 Å². The second kappa shape index (κ2) is 7.31. The van der Waals surface area contributed by atoms with Gasteiger partial charge in [0.2, 0.25) is 0 Å². The van der Waals surface area contributed by atoms with Crippen molar-refractivity contribution in [1.82, 2.24) is 9.97 Å². The summed E-state index contributed by atoms with van der Waals surface area (Å²) in [4.78, 5) is 39.5. The summed E-state index contributed by atoms with van der Waals surface area (Å²) in [6.07, 6.45) is 1.08. The summed E-state index contributed by atoms with van der Waals surface area (Å²) >= 11 is 9.78. The van der Waals surface area contributed by atoms with Crippen molar-refractivity contribution in [2.75, 3.05) is 5.32 Å². The Balaban J connectivity index is 2.00. The highest BCUT2D eigenvalue weighted by atomic mass is 79.9. The molecule has 0 saturated carbocycles. The molecule has 3 rings (SSSR count). The molecule has 0 aliphatic carbocycles. The monoisotopic (exact) mass is 433 g/mol. The van der Waals surface area contributed by atoms with Crippen molar-refractivity contribution in [1.29, 1.82) is 0 Å². The van der Waals surface area contributed by atoms with Crippen molar-refractivity contribution in [3.63, 3.8) is 0 Å². The van der Waals surface area contributed by atoms with Crippen molar-refractivity contribution in [3.8, 4) is 11.1 Å². The molecule has 6 nitrogen and oxygen atoms in total. The van der Waals surface area contributed by atoms with Crippen LogP contribution in [0.2, 0.25) is 5.02 Å². The molecule has 8 heteroatoms. The normalized spacial score (nSPS) is 10.6. The van der Waals surface area contributed by atoms with Crippen LogP contribution in [0.1, 0.15) is 15.9 Å². The Morgan fingerprint density at radius 2 is 1.81 bits per heavy atom. The molecule has 1 amide bonds. The Bertz CT molecular complexity index is 1120. The molecule has 0 saturated heterocycles. The molecule has 0 radical (unpaired) electrons. The average Bonchev–Trinajstić information content (AvgIpc) is 2.59. The molecule has 0 unspecified atom stereocenters. The topological polar surface area (TPSA) is 94.8 Å². The third-order valence-electron chi connectivity index (χ3n) is 3.89. The Hall–Kier alpha value is -2.64. The summed E-state index contributed by atoms with van der Waals surface area (Å²) in [7, 11) is 0. The molecule has 3 N–H and O–H groups in total. The third kappa shape index (κ3) is 3.49. The van der Waals surface area contributed by atoms with Gasteiger partial charge >= 0.3 is 5.69 Å². The van der Waals surface area contributed by atoms with Crippen LogP contribution in [-0.2, 0) is 0 Å². The number of benzene rings is 2. The smallest absolute Gasteiger partial charge is 0.322 e. The van der Waals surface area contributed by atoms with E-state index in [0.29, 0.717) is 10.7 Å². The van der Waals surface area contributed by atoms with Crippen LogP contribution < -0.4 is 16.6 Å². The number of rotatable bonds is 3. The zero-order chi connectivity index (χ0) is 18.8. The van der Waals surface area contributed by atoms with E-state index < -0.39 is 17.2 Å². The third-order valence-corrected chi connectivity index (χ3v) is 5.18. The summed E-state index contributed by atoms with van der Waals surface area (Å²) in [5.41, 5.74) is 1.39. The number of aromatic amines is 2. The average molecular weight is 435 g/mol. The van der Waals surface area contributed by atoms with Crippen molar-refractivity contribution in [2.45, 2.75) is 6.92 Å². The second-order valence-electron chi connectivity index (χ2n) is 5.52. The van der Waals surface area contributed by atoms with Crippen molar-refractivity contribution in [2.24, 2.45) is 0 Å². The summed E-state index contributed by atoms with van der Waals surface area (Å²) in [6, 6.07) is 11.0. The molecule has 0 fully saturated rings. The van der Waals surface area contributed by atoms with Crippen LogP contribution in [0.3, 0.4) is 0 Å². The first kappa shape index (κ1) is 18.2. The van der Waals surface area contributed by atoms with Crippen LogP contribution in [-0.4, -0.2) is 15.9 Å². The van der Waals surface area contributed by atoms with Crippen LogP contribution >= 0.6 is 27.5 Å². The lowest BCUT2D eigenvalue weighted by Crippen LogP contribution is -2.29. The van der Waals surface area contributed by atoms with Crippen LogP contribution in [0, 0.1) is 6.92 Å². The van der Waals surface area contributed by atoms with Crippen LogP contribution in [0.15, 0.2) is 56.7 Å². The number of anilines is 1. The number of nitrogens with one attached hydrogen (secondary N) is 3. The molecular weight excluding hydrogens is 422 g/mol. The Kier molecular flexibility index (Phi) is 5.11. The van der Waals surface area contributed by atoms with Gasteiger partial charge in [0.05, 0.1) is 5.02 Å². The SMILES string of the molecule is Cc1c(NC(=O)c2c[nH]c(=O)[nH]c2=O)cccc1-c1cccc(Br)c1Cl. The Morgan fingerprint density at radius 3 is 2.54 bits per heavy atom. The Morgan fingerprint density at radius 1 is 1.12 bits per heavy atom. The fourth-order valence-corrected chi connectivity index (χ4v) is 3.14. The van der Waals surface area contributed by atoms with E-state index in [2.05, 4.69) is 26.2 Å². The van der Waals surface area contributed by atoms with E-state index in [0.717, 1.165) is 27.4 Å². The summed E-state index contributed by atoms with van der Waals surface area (Å²) in [5.74, 6) is -0.622.